The van der Waals surface area contributed by atoms with Gasteiger partial charge in [0.15, 0.2) is 4.96 Å². The van der Waals surface area contributed by atoms with E-state index in [2.05, 4.69) is 73.6 Å². The monoisotopic (exact) mass is 450 g/mol. The molecule has 162 valence electrons. The Morgan fingerprint density at radius 1 is 0.939 bits per heavy atom. The number of aryl methyl sites for hydroxylation is 3. The summed E-state index contributed by atoms with van der Waals surface area (Å²) in [5.74, 6) is 0. The van der Waals surface area contributed by atoms with E-state index in [1.807, 2.05) is 24.4 Å². The quantitative estimate of drug-likeness (QED) is 0.372. The number of thiazole rings is 1. The summed E-state index contributed by atoms with van der Waals surface area (Å²) in [5.41, 5.74) is 9.40. The molecule has 6 rings (SSSR count). The molecule has 0 atom stereocenters. The molecule has 0 saturated heterocycles. The van der Waals surface area contributed by atoms with Gasteiger partial charge in [-0.25, -0.2) is 9.38 Å². The first-order valence-electron chi connectivity index (χ1n) is 10.9. The van der Waals surface area contributed by atoms with Gasteiger partial charge in [0, 0.05) is 28.7 Å². The van der Waals surface area contributed by atoms with Gasteiger partial charge in [-0.05, 0) is 92.9 Å². The molecule has 0 aliphatic rings. The SMILES string of the molecule is Cc1cc2nc3s/c(=C\c4cc(C)n(-c5ccc6ncccc6c5)c4C)c(=O)n3c2cc1C. The van der Waals surface area contributed by atoms with Crippen LogP contribution in [0.3, 0.4) is 0 Å². The van der Waals surface area contributed by atoms with Gasteiger partial charge in [-0.1, -0.05) is 17.4 Å². The van der Waals surface area contributed by atoms with Gasteiger partial charge in [0.25, 0.3) is 5.56 Å². The highest BCUT2D eigenvalue weighted by Gasteiger charge is 2.14. The number of pyridine rings is 1. The van der Waals surface area contributed by atoms with Crippen molar-refractivity contribution in [2.45, 2.75) is 27.7 Å². The van der Waals surface area contributed by atoms with Crippen LogP contribution in [-0.4, -0.2) is 18.9 Å². The fraction of sp³-hybridized carbons (Fsp3) is 0.148. The number of rotatable bonds is 2. The minimum Gasteiger partial charge on any atom is -0.318 e. The number of nitrogens with zero attached hydrogens (tertiary/aromatic N) is 4. The van der Waals surface area contributed by atoms with Crippen molar-refractivity contribution in [3.63, 3.8) is 0 Å². The van der Waals surface area contributed by atoms with E-state index < -0.39 is 0 Å². The molecule has 0 aliphatic heterocycles. The normalized spacial score (nSPS) is 12.5. The van der Waals surface area contributed by atoms with Gasteiger partial charge >= 0.3 is 0 Å². The number of benzene rings is 2. The summed E-state index contributed by atoms with van der Waals surface area (Å²) in [5, 5.41) is 1.10. The zero-order valence-corrected chi connectivity index (χ0v) is 19.7. The first kappa shape index (κ1) is 19.9. The van der Waals surface area contributed by atoms with Crippen LogP contribution in [-0.2, 0) is 0 Å². The maximum Gasteiger partial charge on any atom is 0.274 e. The van der Waals surface area contributed by atoms with Crippen LogP contribution < -0.4 is 10.1 Å². The Morgan fingerprint density at radius 2 is 1.76 bits per heavy atom. The molecule has 0 unspecified atom stereocenters. The molecule has 5 nitrogen and oxygen atoms in total. The smallest absolute Gasteiger partial charge is 0.274 e. The fourth-order valence-electron chi connectivity index (χ4n) is 4.59. The molecule has 0 bridgehead atoms. The number of fused-ring (bicyclic) bond motifs is 4. The number of imidazole rings is 1. The lowest BCUT2D eigenvalue weighted by Gasteiger charge is -2.10. The van der Waals surface area contributed by atoms with Crippen LogP contribution in [0.1, 0.15) is 28.1 Å². The molecule has 4 aromatic heterocycles. The van der Waals surface area contributed by atoms with E-state index in [1.54, 1.807) is 4.40 Å². The predicted octanol–water partition coefficient (Wildman–Crippen LogP) is 5.03. The van der Waals surface area contributed by atoms with Crippen LogP contribution in [0, 0.1) is 27.7 Å². The summed E-state index contributed by atoms with van der Waals surface area (Å²) >= 11 is 1.44. The standard InChI is InChI=1S/C27H22N4OS/c1-15-10-23-24(11-16(15)2)31-26(32)25(33-27(31)29-23)14-20-12-17(3)30(18(20)4)21-7-8-22-19(13-21)6-5-9-28-22/h5-14H,1-4H3/b25-14-. The molecular formula is C27H22N4OS. The molecule has 33 heavy (non-hydrogen) atoms. The third-order valence-corrected chi connectivity index (χ3v) is 7.42. The van der Waals surface area contributed by atoms with Gasteiger partial charge in [-0.3, -0.25) is 9.78 Å². The number of hydrogen-bond acceptors (Lipinski definition) is 4. The lowest BCUT2D eigenvalue weighted by molar-refractivity contribution is 0.966. The zero-order chi connectivity index (χ0) is 22.9. The molecular weight excluding hydrogens is 428 g/mol. The van der Waals surface area contributed by atoms with E-state index in [1.165, 1.54) is 16.9 Å². The predicted molar refractivity (Wildman–Crippen MR) is 136 cm³/mol. The molecule has 6 aromatic rings. The molecule has 0 spiro atoms. The molecule has 6 heteroatoms. The van der Waals surface area contributed by atoms with Crippen LogP contribution in [0.4, 0.5) is 0 Å². The molecule has 0 N–H and O–H groups in total. The number of aromatic nitrogens is 4. The molecule has 0 amide bonds. The average Bonchev–Trinajstić information content (AvgIpc) is 3.39. The van der Waals surface area contributed by atoms with E-state index in [0.29, 0.717) is 4.53 Å². The molecule has 2 aromatic carbocycles. The Balaban J connectivity index is 1.52. The van der Waals surface area contributed by atoms with Crippen molar-refractivity contribution < 1.29 is 0 Å². The molecule has 0 fully saturated rings. The highest BCUT2D eigenvalue weighted by molar-refractivity contribution is 7.15. The summed E-state index contributed by atoms with van der Waals surface area (Å²) < 4.78 is 4.66. The highest BCUT2D eigenvalue weighted by Crippen LogP contribution is 2.25. The Kier molecular flexibility index (Phi) is 4.29. The summed E-state index contributed by atoms with van der Waals surface area (Å²) in [7, 11) is 0. The Bertz CT molecular complexity index is 1840. The third-order valence-electron chi connectivity index (χ3n) is 6.46. The first-order valence-corrected chi connectivity index (χ1v) is 11.7. The summed E-state index contributed by atoms with van der Waals surface area (Å²) in [4.78, 5) is 23.2. The summed E-state index contributed by atoms with van der Waals surface area (Å²) in [6.45, 7) is 8.32. The van der Waals surface area contributed by atoms with Crippen molar-refractivity contribution in [3.8, 4) is 5.69 Å². The minimum absolute atomic E-state index is 0.0117. The van der Waals surface area contributed by atoms with Gasteiger partial charge in [0.2, 0.25) is 0 Å². The minimum atomic E-state index is -0.0117. The Labute approximate surface area is 194 Å². The van der Waals surface area contributed by atoms with Gasteiger partial charge < -0.3 is 4.57 Å². The second-order valence-corrected chi connectivity index (χ2v) is 9.62. The van der Waals surface area contributed by atoms with Crippen LogP contribution in [0.5, 0.6) is 0 Å². The largest absolute Gasteiger partial charge is 0.318 e. The van der Waals surface area contributed by atoms with E-state index in [4.69, 9.17) is 4.98 Å². The van der Waals surface area contributed by atoms with Gasteiger partial charge in [0.05, 0.1) is 21.1 Å². The van der Waals surface area contributed by atoms with Crippen LogP contribution in [0.2, 0.25) is 0 Å². The van der Waals surface area contributed by atoms with Crippen molar-refractivity contribution in [1.82, 2.24) is 18.9 Å². The summed E-state index contributed by atoms with van der Waals surface area (Å²) in [6, 6.07) is 16.6. The Hall–Kier alpha value is -3.77. The van der Waals surface area contributed by atoms with Gasteiger partial charge in [-0.15, -0.1) is 0 Å². The van der Waals surface area contributed by atoms with Gasteiger partial charge in [-0.2, -0.15) is 0 Å². The van der Waals surface area contributed by atoms with Crippen LogP contribution >= 0.6 is 11.3 Å². The molecule has 0 saturated carbocycles. The molecule has 0 aliphatic carbocycles. The van der Waals surface area contributed by atoms with Crippen molar-refractivity contribution in [3.05, 3.63) is 97.7 Å². The second kappa shape index (κ2) is 7.12. The topological polar surface area (TPSA) is 52.2 Å². The fourth-order valence-corrected chi connectivity index (χ4v) is 5.57. The highest BCUT2D eigenvalue weighted by atomic mass is 32.1. The number of hydrogen-bond donors (Lipinski definition) is 0. The van der Waals surface area contributed by atoms with E-state index >= 15 is 0 Å². The Morgan fingerprint density at radius 3 is 2.61 bits per heavy atom. The van der Waals surface area contributed by atoms with Crippen molar-refractivity contribution in [1.29, 1.82) is 0 Å². The van der Waals surface area contributed by atoms with Crippen molar-refractivity contribution in [2.75, 3.05) is 0 Å². The van der Waals surface area contributed by atoms with Gasteiger partial charge in [0.1, 0.15) is 0 Å². The lowest BCUT2D eigenvalue weighted by atomic mass is 10.1. The lowest BCUT2D eigenvalue weighted by Crippen LogP contribution is -2.22. The van der Waals surface area contributed by atoms with Crippen molar-refractivity contribution >= 4 is 44.3 Å². The maximum absolute atomic E-state index is 13.3. The van der Waals surface area contributed by atoms with E-state index in [-0.39, 0.29) is 5.56 Å². The summed E-state index contributed by atoms with van der Waals surface area (Å²) in [6.07, 6.45) is 3.81. The zero-order valence-electron chi connectivity index (χ0n) is 18.9. The van der Waals surface area contributed by atoms with Crippen LogP contribution in [0.25, 0.3) is 38.7 Å². The maximum atomic E-state index is 13.3. The van der Waals surface area contributed by atoms with Crippen molar-refractivity contribution in [2.24, 2.45) is 0 Å². The average molecular weight is 451 g/mol. The van der Waals surface area contributed by atoms with E-state index in [9.17, 15) is 4.79 Å². The molecule has 4 heterocycles. The molecule has 0 radical (unpaired) electrons. The first-order chi connectivity index (χ1) is 15.9. The second-order valence-electron chi connectivity index (χ2n) is 8.61. The van der Waals surface area contributed by atoms with E-state index in [0.717, 1.165) is 55.1 Å². The third kappa shape index (κ3) is 3.02. The van der Waals surface area contributed by atoms with Crippen LogP contribution in [0.15, 0.2) is 59.5 Å².